The summed E-state index contributed by atoms with van der Waals surface area (Å²) in [5.74, 6) is 0. The first kappa shape index (κ1) is 42.6. The fraction of sp³-hybridized carbons (Fsp3) is 0.377. The van der Waals surface area contributed by atoms with E-state index in [1.165, 1.54) is 141 Å². The van der Waals surface area contributed by atoms with E-state index in [1.807, 2.05) is 0 Å². The number of benzene rings is 6. The van der Waals surface area contributed by atoms with Gasteiger partial charge in [-0.1, -0.05) is 125 Å². The molecule has 6 aromatic carbocycles. The highest BCUT2D eigenvalue weighted by atomic mass is 32.1. The number of aryl methyl sites for hydroxylation is 3. The van der Waals surface area contributed by atoms with E-state index < -0.39 is 0 Å². The van der Waals surface area contributed by atoms with Gasteiger partial charge in [0.25, 0.3) is 6.71 Å². The number of rotatable bonds is 3. The summed E-state index contributed by atoms with van der Waals surface area (Å²) < 4.78 is 2.87. The van der Waals surface area contributed by atoms with Crippen LogP contribution in [0.2, 0.25) is 0 Å². The molecule has 1 aromatic heterocycles. The quantitative estimate of drug-likeness (QED) is 0.163. The second kappa shape index (κ2) is 14.0. The van der Waals surface area contributed by atoms with E-state index >= 15 is 0 Å². The molecule has 0 fully saturated rings. The maximum atomic E-state index is 2.69. The molecule has 4 heteroatoms. The van der Waals surface area contributed by atoms with Gasteiger partial charge in [0.15, 0.2) is 0 Å². The second-order valence-electron chi connectivity index (χ2n) is 24.1. The van der Waals surface area contributed by atoms with Crippen LogP contribution in [0.5, 0.6) is 0 Å². The van der Waals surface area contributed by atoms with Gasteiger partial charge < -0.3 is 9.80 Å². The van der Waals surface area contributed by atoms with E-state index in [1.54, 1.807) is 0 Å². The van der Waals surface area contributed by atoms with Crippen molar-refractivity contribution in [3.05, 3.63) is 148 Å². The zero-order valence-corrected chi connectivity index (χ0v) is 42.3. The average Bonchev–Trinajstić information content (AvgIpc) is 3.61. The Hall–Kier alpha value is -5.06. The molecule has 11 rings (SSSR count). The van der Waals surface area contributed by atoms with Gasteiger partial charge in [-0.2, -0.15) is 0 Å². The molecule has 0 saturated carbocycles. The Morgan fingerprint density at radius 2 is 1.03 bits per heavy atom. The first-order valence-corrected chi connectivity index (χ1v) is 25.2. The molecule has 3 heterocycles. The smallest absolute Gasteiger partial charge is 0.264 e. The SMILES string of the molecule is Cc1cc2c3c(c1)N(c1ccc(-c4c(C)cccc4C)cc1)c1c(sc4cc5c(cc14)C(C)(C)CCC5(C)C)B3c1cc3c(cc1N2c1ccc(C(C)(C)C)cc1)C(C)(C)CCC3(C)C. The lowest BCUT2D eigenvalue weighted by atomic mass is 9.35. The minimum absolute atomic E-state index is 0.0653. The zero-order valence-electron chi connectivity index (χ0n) is 41.5. The largest absolute Gasteiger partial charge is 0.311 e. The van der Waals surface area contributed by atoms with Gasteiger partial charge in [0.05, 0.1) is 5.69 Å². The minimum Gasteiger partial charge on any atom is -0.311 e. The number of thiophene rings is 1. The molecule has 0 spiro atoms. The third-order valence-corrected chi connectivity index (χ3v) is 17.8. The van der Waals surface area contributed by atoms with E-state index in [4.69, 9.17) is 0 Å². The first-order chi connectivity index (χ1) is 30.6. The van der Waals surface area contributed by atoms with E-state index in [2.05, 4.69) is 221 Å². The molecule has 0 N–H and O–H groups in total. The van der Waals surface area contributed by atoms with E-state index in [0.29, 0.717) is 0 Å². The Balaban J connectivity index is 1.24. The summed E-state index contributed by atoms with van der Waals surface area (Å²) in [7, 11) is 0. The summed E-state index contributed by atoms with van der Waals surface area (Å²) in [6.07, 6.45) is 4.77. The number of hydrogen-bond acceptors (Lipinski definition) is 3. The van der Waals surface area contributed by atoms with Crippen molar-refractivity contribution in [2.45, 2.75) is 150 Å². The van der Waals surface area contributed by atoms with Crippen molar-refractivity contribution in [2.24, 2.45) is 0 Å². The highest BCUT2D eigenvalue weighted by Gasteiger charge is 2.48. The maximum Gasteiger partial charge on any atom is 0.264 e. The second-order valence-corrected chi connectivity index (χ2v) is 25.2. The van der Waals surface area contributed by atoms with Crippen LogP contribution in [0.1, 0.15) is 146 Å². The monoisotopic (exact) mass is 871 g/mol. The van der Waals surface area contributed by atoms with Crippen LogP contribution in [-0.4, -0.2) is 6.71 Å². The van der Waals surface area contributed by atoms with Crippen molar-refractivity contribution in [3.8, 4) is 11.1 Å². The fourth-order valence-electron chi connectivity index (χ4n) is 12.4. The summed E-state index contributed by atoms with van der Waals surface area (Å²) in [6.45, 7) is 33.7. The van der Waals surface area contributed by atoms with Crippen LogP contribution in [0.15, 0.2) is 103 Å². The maximum absolute atomic E-state index is 2.69. The normalized spacial score (nSPS) is 18.5. The number of hydrogen-bond donors (Lipinski definition) is 0. The van der Waals surface area contributed by atoms with Crippen molar-refractivity contribution in [1.82, 2.24) is 0 Å². The molecule has 0 unspecified atom stereocenters. The molecule has 0 radical (unpaired) electrons. The van der Waals surface area contributed by atoms with Gasteiger partial charge in [0, 0.05) is 43.3 Å². The molecule has 2 aliphatic heterocycles. The van der Waals surface area contributed by atoms with Crippen LogP contribution in [0.4, 0.5) is 34.1 Å². The molecule has 0 amide bonds. The predicted molar refractivity (Wildman–Crippen MR) is 285 cm³/mol. The van der Waals surface area contributed by atoms with Crippen molar-refractivity contribution in [3.63, 3.8) is 0 Å². The van der Waals surface area contributed by atoms with Gasteiger partial charge in [-0.15, -0.1) is 11.3 Å². The zero-order chi connectivity index (χ0) is 45.9. The van der Waals surface area contributed by atoms with Crippen molar-refractivity contribution in [2.75, 3.05) is 9.80 Å². The molecular weight excluding hydrogens is 804 g/mol. The standard InChI is InChI=1S/C61H67BN2S/c1-36-30-50-54-51(31-36)64(42-22-18-39(19-23-42)53-37(2)16-15-17-38(53)3)55-43-32-44-47(61(13,14)29-26-58(44,7)8)35-52(43)65-56(55)62(54)48-33-45-46(60(11,12)28-27-59(45,9)10)34-49(48)63(50)41-24-20-40(21-25-41)57(4,5)6/h15-25,30-35H,26-29H2,1-14H3. The van der Waals surface area contributed by atoms with Gasteiger partial charge in [-0.25, -0.2) is 0 Å². The number of nitrogens with zero attached hydrogens (tertiary/aromatic N) is 2. The van der Waals surface area contributed by atoms with Gasteiger partial charge in [-0.05, 0) is 195 Å². The van der Waals surface area contributed by atoms with Gasteiger partial charge in [0.1, 0.15) is 0 Å². The molecule has 2 aliphatic carbocycles. The first-order valence-electron chi connectivity index (χ1n) is 24.4. The Morgan fingerprint density at radius 3 is 1.60 bits per heavy atom. The van der Waals surface area contributed by atoms with Crippen molar-refractivity contribution >= 4 is 78.0 Å². The summed E-state index contributed by atoms with van der Waals surface area (Å²) in [6, 6.07) is 41.3. The van der Waals surface area contributed by atoms with Crippen LogP contribution in [0.3, 0.4) is 0 Å². The van der Waals surface area contributed by atoms with Gasteiger partial charge in [0.2, 0.25) is 0 Å². The van der Waals surface area contributed by atoms with E-state index in [-0.39, 0.29) is 33.8 Å². The molecule has 65 heavy (non-hydrogen) atoms. The Labute approximate surface area is 394 Å². The van der Waals surface area contributed by atoms with Crippen LogP contribution in [-0.2, 0) is 27.1 Å². The van der Waals surface area contributed by atoms with Crippen LogP contribution < -0.4 is 25.5 Å². The Morgan fingerprint density at radius 1 is 0.538 bits per heavy atom. The highest BCUT2D eigenvalue weighted by Crippen LogP contribution is 2.54. The number of fused-ring (bicyclic) bond motifs is 8. The summed E-state index contributed by atoms with van der Waals surface area (Å²) in [5, 5.41) is 1.39. The van der Waals surface area contributed by atoms with Gasteiger partial charge in [-0.3, -0.25) is 0 Å². The average molecular weight is 871 g/mol. The van der Waals surface area contributed by atoms with Crippen LogP contribution in [0, 0.1) is 20.8 Å². The lowest BCUT2D eigenvalue weighted by Gasteiger charge is -2.47. The van der Waals surface area contributed by atoms with Crippen molar-refractivity contribution in [1.29, 1.82) is 0 Å². The molecule has 4 aliphatic rings. The molecule has 2 nitrogen and oxygen atoms in total. The molecule has 7 aromatic rings. The molecule has 0 bridgehead atoms. The van der Waals surface area contributed by atoms with E-state index in [0.717, 1.165) is 0 Å². The van der Waals surface area contributed by atoms with Crippen LogP contribution >= 0.6 is 11.3 Å². The Kier molecular flexibility index (Phi) is 9.16. The molecular formula is C61H67BN2S. The van der Waals surface area contributed by atoms with E-state index in [9.17, 15) is 0 Å². The summed E-state index contributed by atoms with van der Waals surface area (Å²) >= 11 is 2.06. The third kappa shape index (κ3) is 6.39. The fourth-order valence-corrected chi connectivity index (χ4v) is 13.8. The molecule has 0 atom stereocenters. The predicted octanol–water partition coefficient (Wildman–Crippen LogP) is 15.6. The van der Waals surface area contributed by atoms with Crippen molar-refractivity contribution < 1.29 is 0 Å². The van der Waals surface area contributed by atoms with Crippen LogP contribution in [0.25, 0.3) is 21.2 Å². The molecule has 0 saturated heterocycles. The number of anilines is 6. The Bertz CT molecular complexity index is 3090. The lowest BCUT2D eigenvalue weighted by molar-refractivity contribution is 0.332. The minimum atomic E-state index is 0.0653. The summed E-state index contributed by atoms with van der Waals surface area (Å²) in [4.78, 5) is 5.32. The highest BCUT2D eigenvalue weighted by molar-refractivity contribution is 7.33. The molecule has 330 valence electrons. The topological polar surface area (TPSA) is 6.48 Å². The lowest BCUT2D eigenvalue weighted by Crippen LogP contribution is -2.61. The summed E-state index contributed by atoms with van der Waals surface area (Å²) in [5.41, 5.74) is 25.0. The van der Waals surface area contributed by atoms with Gasteiger partial charge >= 0.3 is 0 Å². The third-order valence-electron chi connectivity index (χ3n) is 16.6.